The molecule has 0 bridgehead atoms. The van der Waals surface area contributed by atoms with Crippen molar-refractivity contribution < 1.29 is 0 Å². The molecule has 3 heteroatoms. The van der Waals surface area contributed by atoms with E-state index in [-0.39, 0.29) is 6.04 Å². The highest BCUT2D eigenvalue weighted by Gasteiger charge is 2.19. The second-order valence-electron chi connectivity index (χ2n) is 4.81. The summed E-state index contributed by atoms with van der Waals surface area (Å²) in [6.45, 7) is 9.70. The Kier molecular flexibility index (Phi) is 4.82. The SMILES string of the molecule is CCNC(c1cc(C)sc1C)c1cccc(Br)c1C. The molecular weight excluding hydrogens is 318 g/mol. The molecule has 1 aromatic heterocycles. The smallest absolute Gasteiger partial charge is 0.0590 e. The molecule has 1 atom stereocenters. The average molecular weight is 338 g/mol. The zero-order valence-corrected chi connectivity index (χ0v) is 14.3. The van der Waals surface area contributed by atoms with E-state index in [2.05, 4.69) is 73.2 Å². The fourth-order valence-electron chi connectivity index (χ4n) is 2.47. The lowest BCUT2D eigenvalue weighted by molar-refractivity contribution is 0.626. The van der Waals surface area contributed by atoms with Crippen LogP contribution in [0.5, 0.6) is 0 Å². The van der Waals surface area contributed by atoms with Crippen molar-refractivity contribution in [1.29, 1.82) is 0 Å². The third-order valence-corrected chi connectivity index (χ3v) is 5.26. The minimum absolute atomic E-state index is 0.285. The van der Waals surface area contributed by atoms with Crippen LogP contribution in [0.4, 0.5) is 0 Å². The van der Waals surface area contributed by atoms with E-state index in [4.69, 9.17) is 0 Å². The molecule has 1 nitrogen and oxygen atoms in total. The molecule has 1 aromatic carbocycles. The predicted octanol–water partition coefficient (Wildman–Crippen LogP) is 5.13. The van der Waals surface area contributed by atoms with Gasteiger partial charge in [0.05, 0.1) is 6.04 Å². The van der Waals surface area contributed by atoms with Gasteiger partial charge in [0.25, 0.3) is 0 Å². The van der Waals surface area contributed by atoms with Gasteiger partial charge in [0.2, 0.25) is 0 Å². The Hall–Kier alpha value is -0.640. The number of halogens is 1. The zero-order valence-electron chi connectivity index (χ0n) is 11.9. The first kappa shape index (κ1) is 14.8. The van der Waals surface area contributed by atoms with Gasteiger partial charge in [-0.1, -0.05) is 35.0 Å². The summed E-state index contributed by atoms with van der Waals surface area (Å²) in [4.78, 5) is 2.78. The van der Waals surface area contributed by atoms with Crippen molar-refractivity contribution in [3.05, 3.63) is 55.2 Å². The average Bonchev–Trinajstić information content (AvgIpc) is 2.69. The summed E-state index contributed by atoms with van der Waals surface area (Å²) in [7, 11) is 0. The Morgan fingerprint density at radius 1 is 1.21 bits per heavy atom. The highest BCUT2D eigenvalue weighted by Crippen LogP contribution is 2.33. The van der Waals surface area contributed by atoms with Gasteiger partial charge in [-0.3, -0.25) is 0 Å². The predicted molar refractivity (Wildman–Crippen MR) is 88.2 cm³/mol. The van der Waals surface area contributed by atoms with Crippen molar-refractivity contribution >= 4 is 27.3 Å². The lowest BCUT2D eigenvalue weighted by atomic mass is 9.95. The molecule has 0 spiro atoms. The summed E-state index contributed by atoms with van der Waals surface area (Å²) in [5, 5.41) is 3.62. The number of rotatable bonds is 4. The van der Waals surface area contributed by atoms with Gasteiger partial charge in [-0.2, -0.15) is 0 Å². The molecule has 0 radical (unpaired) electrons. The molecule has 2 rings (SSSR count). The molecule has 0 aliphatic rings. The number of thiophene rings is 1. The van der Waals surface area contributed by atoms with Crippen LogP contribution in [0.3, 0.4) is 0 Å². The highest BCUT2D eigenvalue weighted by atomic mass is 79.9. The molecule has 0 fully saturated rings. The van der Waals surface area contributed by atoms with E-state index in [9.17, 15) is 0 Å². The first-order valence-corrected chi connectivity index (χ1v) is 8.20. The molecule has 0 saturated carbocycles. The first-order valence-electron chi connectivity index (χ1n) is 6.60. The molecule has 0 aliphatic carbocycles. The van der Waals surface area contributed by atoms with Crippen molar-refractivity contribution in [3.63, 3.8) is 0 Å². The van der Waals surface area contributed by atoms with Gasteiger partial charge in [0.15, 0.2) is 0 Å². The van der Waals surface area contributed by atoms with E-state index in [0.717, 1.165) is 6.54 Å². The fourth-order valence-corrected chi connectivity index (χ4v) is 3.81. The van der Waals surface area contributed by atoms with Crippen LogP contribution in [-0.2, 0) is 0 Å². The van der Waals surface area contributed by atoms with E-state index in [1.807, 2.05) is 11.3 Å². The number of hydrogen-bond donors (Lipinski definition) is 1. The van der Waals surface area contributed by atoms with Gasteiger partial charge in [-0.05, 0) is 56.1 Å². The standard InChI is InChI=1S/C16H20BrNS/c1-5-18-16(14-9-10(2)19-12(14)4)13-7-6-8-15(17)11(13)3/h6-9,16,18H,5H2,1-4H3. The number of benzene rings is 1. The van der Waals surface area contributed by atoms with Crippen LogP contribution in [-0.4, -0.2) is 6.54 Å². The maximum atomic E-state index is 3.64. The lowest BCUT2D eigenvalue weighted by Gasteiger charge is -2.21. The van der Waals surface area contributed by atoms with Crippen LogP contribution in [0.15, 0.2) is 28.7 Å². The van der Waals surface area contributed by atoms with Crippen molar-refractivity contribution in [3.8, 4) is 0 Å². The second kappa shape index (κ2) is 6.21. The number of hydrogen-bond acceptors (Lipinski definition) is 2. The summed E-state index contributed by atoms with van der Waals surface area (Å²) in [5.41, 5.74) is 4.08. The first-order chi connectivity index (χ1) is 9.04. The highest BCUT2D eigenvalue weighted by molar-refractivity contribution is 9.10. The Morgan fingerprint density at radius 3 is 2.53 bits per heavy atom. The Bertz CT molecular complexity index is 574. The molecule has 19 heavy (non-hydrogen) atoms. The molecule has 0 aliphatic heterocycles. The van der Waals surface area contributed by atoms with Crippen LogP contribution in [0.1, 0.15) is 39.4 Å². The summed E-state index contributed by atoms with van der Waals surface area (Å²) >= 11 is 5.51. The van der Waals surface area contributed by atoms with Crippen LogP contribution in [0.2, 0.25) is 0 Å². The molecule has 102 valence electrons. The monoisotopic (exact) mass is 337 g/mol. The topological polar surface area (TPSA) is 12.0 Å². The quantitative estimate of drug-likeness (QED) is 0.814. The van der Waals surface area contributed by atoms with Gasteiger partial charge in [0, 0.05) is 14.2 Å². The van der Waals surface area contributed by atoms with Crippen LogP contribution >= 0.6 is 27.3 Å². The fraction of sp³-hybridized carbons (Fsp3) is 0.375. The molecular formula is C16H20BrNS. The number of nitrogens with one attached hydrogen (secondary N) is 1. The van der Waals surface area contributed by atoms with E-state index >= 15 is 0 Å². The van der Waals surface area contributed by atoms with Crippen molar-refractivity contribution in [1.82, 2.24) is 5.32 Å². The molecule has 1 heterocycles. The third kappa shape index (κ3) is 3.10. The van der Waals surface area contributed by atoms with Crippen LogP contribution in [0, 0.1) is 20.8 Å². The lowest BCUT2D eigenvalue weighted by Crippen LogP contribution is -2.23. The van der Waals surface area contributed by atoms with Crippen molar-refractivity contribution in [2.75, 3.05) is 6.54 Å². The maximum absolute atomic E-state index is 3.64. The van der Waals surface area contributed by atoms with E-state index in [0.29, 0.717) is 0 Å². The van der Waals surface area contributed by atoms with Gasteiger partial charge < -0.3 is 5.32 Å². The largest absolute Gasteiger partial charge is 0.306 e. The molecule has 0 amide bonds. The normalized spacial score (nSPS) is 12.7. The molecule has 1 unspecified atom stereocenters. The molecule has 2 aromatic rings. The van der Waals surface area contributed by atoms with Gasteiger partial charge >= 0.3 is 0 Å². The summed E-state index contributed by atoms with van der Waals surface area (Å²) < 4.78 is 1.18. The zero-order chi connectivity index (χ0) is 14.0. The van der Waals surface area contributed by atoms with Gasteiger partial charge in [-0.15, -0.1) is 11.3 Å². The van der Waals surface area contributed by atoms with Crippen molar-refractivity contribution in [2.45, 2.75) is 33.7 Å². The summed E-state index contributed by atoms with van der Waals surface area (Å²) in [5.74, 6) is 0. The Morgan fingerprint density at radius 2 is 1.95 bits per heavy atom. The molecule has 1 N–H and O–H groups in total. The summed E-state index contributed by atoms with van der Waals surface area (Å²) in [6.07, 6.45) is 0. The van der Waals surface area contributed by atoms with Gasteiger partial charge in [0.1, 0.15) is 0 Å². The molecule has 0 saturated heterocycles. The van der Waals surface area contributed by atoms with Crippen LogP contribution in [0.25, 0.3) is 0 Å². The van der Waals surface area contributed by atoms with Gasteiger partial charge in [-0.25, -0.2) is 0 Å². The number of aryl methyl sites for hydroxylation is 2. The van der Waals surface area contributed by atoms with Crippen molar-refractivity contribution in [2.24, 2.45) is 0 Å². The van der Waals surface area contributed by atoms with E-state index in [1.165, 1.54) is 30.9 Å². The van der Waals surface area contributed by atoms with E-state index in [1.54, 1.807) is 0 Å². The van der Waals surface area contributed by atoms with Crippen LogP contribution < -0.4 is 5.32 Å². The minimum atomic E-state index is 0.285. The van der Waals surface area contributed by atoms with E-state index < -0.39 is 0 Å². The third-order valence-electron chi connectivity index (χ3n) is 3.42. The summed E-state index contributed by atoms with van der Waals surface area (Å²) in [6, 6.07) is 9.04. The Labute approximate surface area is 128 Å². The Balaban J connectivity index is 2.51. The minimum Gasteiger partial charge on any atom is -0.306 e. The second-order valence-corrected chi connectivity index (χ2v) is 7.13. The maximum Gasteiger partial charge on any atom is 0.0590 e.